The molecule has 3 aliphatic heterocycles. The number of carbonyl (C=O) groups excluding carboxylic acids is 3. The molecule has 6 rings (SSSR count). The highest BCUT2D eigenvalue weighted by molar-refractivity contribution is 7.99. The number of hydrogen-bond acceptors (Lipinski definition) is 11. The van der Waals surface area contributed by atoms with Crippen LogP contribution < -0.4 is 15.5 Å². The number of thioether (sulfide) groups is 1. The summed E-state index contributed by atoms with van der Waals surface area (Å²) in [6.45, 7) is 11.3. The van der Waals surface area contributed by atoms with Crippen LogP contribution in [0, 0.1) is 5.92 Å². The first-order valence-electron chi connectivity index (χ1n) is 19.1. The van der Waals surface area contributed by atoms with Gasteiger partial charge in [-0.25, -0.2) is 9.78 Å². The van der Waals surface area contributed by atoms with Crippen molar-refractivity contribution >= 4 is 35.5 Å². The maximum Gasteiger partial charge on any atom is 0.416 e. The van der Waals surface area contributed by atoms with Gasteiger partial charge in [-0.2, -0.15) is 13.2 Å². The highest BCUT2D eigenvalue weighted by Crippen LogP contribution is 2.42. The lowest BCUT2D eigenvalue weighted by Gasteiger charge is -2.42. The van der Waals surface area contributed by atoms with Crippen molar-refractivity contribution in [1.82, 2.24) is 35.3 Å². The van der Waals surface area contributed by atoms with Crippen LogP contribution in [0.4, 0.5) is 23.8 Å². The van der Waals surface area contributed by atoms with Gasteiger partial charge in [0.15, 0.2) is 0 Å². The molecular weight excluding hydrogens is 766 g/mol. The third-order valence-corrected chi connectivity index (χ3v) is 11.1. The molecule has 14 nitrogen and oxygen atoms in total. The third-order valence-electron chi connectivity index (χ3n) is 10.2. The van der Waals surface area contributed by atoms with Crippen molar-refractivity contribution in [1.29, 1.82) is 0 Å². The number of nitrogens with one attached hydrogen (secondary N) is 2. The summed E-state index contributed by atoms with van der Waals surface area (Å²) in [5.74, 6) is 0.821. The minimum absolute atomic E-state index is 0.0399. The lowest BCUT2D eigenvalue weighted by Crippen LogP contribution is -2.49. The van der Waals surface area contributed by atoms with Gasteiger partial charge < -0.3 is 29.4 Å². The highest BCUT2D eigenvalue weighted by atomic mass is 32.2. The quantitative estimate of drug-likeness (QED) is 0.125. The fourth-order valence-corrected chi connectivity index (χ4v) is 8.07. The zero-order valence-corrected chi connectivity index (χ0v) is 34.0. The number of aromatic nitrogens is 4. The molecule has 18 heteroatoms. The Morgan fingerprint density at radius 3 is 2.58 bits per heavy atom. The maximum atomic E-state index is 14.6. The van der Waals surface area contributed by atoms with Crippen molar-refractivity contribution in [2.24, 2.45) is 13.0 Å². The number of likely N-dealkylation sites (tertiary alicyclic amines) is 1. The minimum Gasteiger partial charge on any atom is -0.444 e. The van der Waals surface area contributed by atoms with E-state index in [1.807, 2.05) is 17.7 Å². The first-order valence-corrected chi connectivity index (χ1v) is 20.1. The number of amides is 3. The number of pyridine rings is 1. The fraction of sp³-hybridized carbons (Fsp3) is 0.590. The molecule has 0 bridgehead atoms. The summed E-state index contributed by atoms with van der Waals surface area (Å²) in [5, 5.41) is 13.9. The molecule has 0 spiro atoms. The molecule has 57 heavy (non-hydrogen) atoms. The normalized spacial score (nSPS) is 18.9. The van der Waals surface area contributed by atoms with Crippen LogP contribution in [0.2, 0.25) is 0 Å². The summed E-state index contributed by atoms with van der Waals surface area (Å²) < 4.78 is 62.3. The lowest BCUT2D eigenvalue weighted by molar-refractivity contribution is -0.138. The van der Waals surface area contributed by atoms with E-state index in [0.717, 1.165) is 37.3 Å². The zero-order chi connectivity index (χ0) is 41.1. The van der Waals surface area contributed by atoms with Gasteiger partial charge in [0.2, 0.25) is 5.91 Å². The molecule has 2 aromatic heterocycles. The van der Waals surface area contributed by atoms with E-state index in [0.29, 0.717) is 48.4 Å². The van der Waals surface area contributed by atoms with Crippen LogP contribution in [-0.2, 0) is 57.2 Å². The number of ether oxygens (including phenoxy) is 3. The van der Waals surface area contributed by atoms with Gasteiger partial charge in [-0.15, -0.1) is 22.0 Å². The molecule has 0 aliphatic carbocycles. The number of benzene rings is 1. The van der Waals surface area contributed by atoms with Crippen molar-refractivity contribution < 1.29 is 41.8 Å². The molecule has 3 aromatic rings. The number of alkyl halides is 3. The molecule has 5 heterocycles. The van der Waals surface area contributed by atoms with Gasteiger partial charge in [0.05, 0.1) is 37.0 Å². The second-order valence-electron chi connectivity index (χ2n) is 16.2. The van der Waals surface area contributed by atoms with E-state index in [9.17, 15) is 27.6 Å². The lowest BCUT2D eigenvalue weighted by atomic mass is 9.76. The van der Waals surface area contributed by atoms with Crippen LogP contribution in [-0.4, -0.2) is 99.6 Å². The van der Waals surface area contributed by atoms with E-state index in [2.05, 4.69) is 32.7 Å². The van der Waals surface area contributed by atoms with Gasteiger partial charge in [-0.1, -0.05) is 6.92 Å². The third kappa shape index (κ3) is 10.4. The number of halogens is 3. The molecule has 2 atom stereocenters. The average molecular weight is 817 g/mol. The van der Waals surface area contributed by atoms with E-state index in [1.165, 1.54) is 29.7 Å². The summed E-state index contributed by atoms with van der Waals surface area (Å²) in [6, 6.07) is 5.64. The number of carbonyl (C=O) groups is 3. The predicted molar refractivity (Wildman–Crippen MR) is 206 cm³/mol. The van der Waals surface area contributed by atoms with E-state index in [4.69, 9.17) is 19.2 Å². The van der Waals surface area contributed by atoms with Gasteiger partial charge in [0.1, 0.15) is 36.3 Å². The number of anilines is 1. The summed E-state index contributed by atoms with van der Waals surface area (Å²) >= 11 is 1.34. The summed E-state index contributed by atoms with van der Waals surface area (Å²) in [7, 11) is 1.85. The minimum atomic E-state index is -4.66. The second kappa shape index (κ2) is 17.3. The Kier molecular flexibility index (Phi) is 12.9. The number of aryl methyl sites for hydroxylation is 1. The first kappa shape index (κ1) is 42.3. The number of hydrogen-bond donors (Lipinski definition) is 2. The summed E-state index contributed by atoms with van der Waals surface area (Å²) in [6.07, 6.45) is -1.21. The predicted octanol–water partition coefficient (Wildman–Crippen LogP) is 5.23. The van der Waals surface area contributed by atoms with Crippen molar-refractivity contribution in [2.45, 2.75) is 95.2 Å². The zero-order valence-electron chi connectivity index (χ0n) is 33.2. The molecule has 1 aromatic carbocycles. The van der Waals surface area contributed by atoms with Gasteiger partial charge in [-0.3, -0.25) is 19.4 Å². The topological polar surface area (TPSA) is 153 Å². The van der Waals surface area contributed by atoms with Crippen molar-refractivity contribution in [3.05, 3.63) is 64.2 Å². The second-order valence-corrected chi connectivity index (χ2v) is 17.3. The Labute approximate surface area is 334 Å². The molecular formula is C39H51F3N8O6S. The van der Waals surface area contributed by atoms with Crippen LogP contribution in [0.5, 0.6) is 0 Å². The van der Waals surface area contributed by atoms with Gasteiger partial charge in [0.25, 0.3) is 5.91 Å². The van der Waals surface area contributed by atoms with E-state index in [1.54, 1.807) is 39.2 Å². The number of alkyl carbamates (subject to hydrolysis) is 1. The molecule has 2 saturated heterocycles. The van der Waals surface area contributed by atoms with Crippen LogP contribution >= 0.6 is 11.8 Å². The monoisotopic (exact) mass is 816 g/mol. The highest BCUT2D eigenvalue weighted by Gasteiger charge is 2.44. The Bertz CT molecular complexity index is 1950. The average Bonchev–Trinajstić information content (AvgIpc) is 3.67. The van der Waals surface area contributed by atoms with Crippen molar-refractivity contribution in [2.75, 3.05) is 50.3 Å². The number of rotatable bonds is 14. The Balaban J connectivity index is 1.19. The first-order chi connectivity index (χ1) is 26.9. The van der Waals surface area contributed by atoms with Crippen LogP contribution in [0.15, 0.2) is 35.6 Å². The Morgan fingerprint density at radius 1 is 1.16 bits per heavy atom. The molecule has 2 N–H and O–H groups in total. The molecule has 0 saturated carbocycles. The number of fused-ring (bicyclic) bond motifs is 1. The van der Waals surface area contributed by atoms with Crippen LogP contribution in [0.3, 0.4) is 0 Å². The van der Waals surface area contributed by atoms with Crippen LogP contribution in [0.25, 0.3) is 0 Å². The molecule has 0 radical (unpaired) electrons. The Morgan fingerprint density at radius 2 is 1.93 bits per heavy atom. The number of piperidine rings is 1. The summed E-state index contributed by atoms with van der Waals surface area (Å²) in [4.78, 5) is 46.9. The van der Waals surface area contributed by atoms with E-state index < -0.39 is 46.7 Å². The Hall–Kier alpha value is -4.26. The molecule has 1 unspecified atom stereocenters. The summed E-state index contributed by atoms with van der Waals surface area (Å²) in [5.41, 5.74) is -0.794. The van der Waals surface area contributed by atoms with Crippen molar-refractivity contribution in [3.8, 4) is 0 Å². The smallest absolute Gasteiger partial charge is 0.416 e. The van der Waals surface area contributed by atoms with Crippen molar-refractivity contribution in [3.63, 3.8) is 0 Å². The fourth-order valence-electron chi connectivity index (χ4n) is 7.29. The van der Waals surface area contributed by atoms with Gasteiger partial charge in [-0.05, 0) is 94.0 Å². The molecule has 3 amide bonds. The van der Waals surface area contributed by atoms with Gasteiger partial charge in [0, 0.05) is 43.3 Å². The van der Waals surface area contributed by atoms with E-state index >= 15 is 0 Å². The standard InChI is InChI=1S/C39H51F3N8O6S/c1-24-8-7-9-49(17-24)18-26-12-28-29(30(13-26)39(40,41)42)19-50(35(28)52)31-14-27(38(20-55-21-38)16-32-47-44-22-48(32)6)15-33(46-31)57-11-10-54-23-43-34(51)25(2)45-36(53)56-37(3,4)5/h12-15,22,24-25H,7-11,16-21,23H2,1-6H3,(H,43,51)(H,45,53)/t24-,25?/m0/s1. The van der Waals surface area contributed by atoms with E-state index in [-0.39, 0.29) is 36.8 Å². The van der Waals surface area contributed by atoms with Crippen LogP contribution in [0.1, 0.15) is 85.9 Å². The number of nitrogens with zero attached hydrogens (tertiary/aromatic N) is 6. The maximum absolute atomic E-state index is 14.6. The molecule has 3 aliphatic rings. The largest absolute Gasteiger partial charge is 0.444 e. The molecule has 310 valence electrons. The SMILES string of the molecule is CC(NC(=O)OC(C)(C)C)C(=O)NCOCCSc1cc(C2(Cc3nncn3C)COC2)cc(N2Cc3c(cc(CN4CCC[C@H](C)C4)cc3C(F)(F)F)C2=O)n1. The van der Waals surface area contributed by atoms with Gasteiger partial charge >= 0.3 is 12.3 Å². The molecule has 2 fully saturated rings.